The first kappa shape index (κ1) is 27.5. The number of fused-ring (bicyclic) bond motifs is 1. The van der Waals surface area contributed by atoms with E-state index in [1.54, 1.807) is 0 Å². The highest BCUT2D eigenvalue weighted by molar-refractivity contribution is 7.97. The van der Waals surface area contributed by atoms with Gasteiger partial charge in [-0.2, -0.15) is 39.5 Å². The highest BCUT2D eigenvalue weighted by Crippen LogP contribution is 2.54. The Morgan fingerprint density at radius 2 is 1.42 bits per heavy atom. The summed E-state index contributed by atoms with van der Waals surface area (Å²) < 4.78 is 135. The van der Waals surface area contributed by atoms with E-state index in [1.165, 1.54) is 15.7 Å². The van der Waals surface area contributed by atoms with Gasteiger partial charge in [-0.25, -0.2) is 8.42 Å². The second-order valence-electron chi connectivity index (χ2n) is 6.90. The van der Waals surface area contributed by atoms with E-state index >= 15 is 0 Å². The Balaban J connectivity index is 0.000000233. The van der Waals surface area contributed by atoms with Crippen LogP contribution in [-0.4, -0.2) is 59.0 Å². The van der Waals surface area contributed by atoms with Crippen LogP contribution in [-0.2, 0) is 21.0 Å². The largest absolute Gasteiger partial charge is 0.743 e. The second kappa shape index (κ2) is 9.15. The molecule has 0 amide bonds. The van der Waals surface area contributed by atoms with Crippen LogP contribution in [0.5, 0.6) is 0 Å². The van der Waals surface area contributed by atoms with Crippen molar-refractivity contribution in [3.05, 3.63) is 42.5 Å². The summed E-state index contributed by atoms with van der Waals surface area (Å²) in [5.74, 6) is -12.7. The molecule has 0 saturated carbocycles. The first-order valence-corrected chi connectivity index (χ1v) is 11.8. The van der Waals surface area contributed by atoms with Crippen molar-refractivity contribution in [2.24, 2.45) is 0 Å². The smallest absolute Gasteiger partial charge is 0.460 e. The Morgan fingerprint density at radius 3 is 1.91 bits per heavy atom. The van der Waals surface area contributed by atoms with Crippen LogP contribution in [0.4, 0.5) is 39.5 Å². The van der Waals surface area contributed by atoms with Gasteiger partial charge >= 0.3 is 23.3 Å². The lowest BCUT2D eigenvalue weighted by Gasteiger charge is -2.34. The molecule has 0 aliphatic carbocycles. The summed E-state index contributed by atoms with van der Waals surface area (Å²) in [6, 6.07) is 15.1. The highest BCUT2D eigenvalue weighted by Gasteiger charge is 2.83. The molecule has 1 aliphatic heterocycles. The maximum absolute atomic E-state index is 12.2. The van der Waals surface area contributed by atoms with Gasteiger partial charge in [0.1, 0.15) is 17.6 Å². The van der Waals surface area contributed by atoms with Crippen molar-refractivity contribution in [1.29, 1.82) is 0 Å². The third-order valence-corrected chi connectivity index (χ3v) is 7.96. The maximum atomic E-state index is 12.2. The van der Waals surface area contributed by atoms with Crippen molar-refractivity contribution in [3.8, 4) is 0 Å². The van der Waals surface area contributed by atoms with Gasteiger partial charge in [0.2, 0.25) is 0 Å². The Bertz CT molecular complexity index is 1080. The molecule has 4 nitrogen and oxygen atoms in total. The molecule has 0 bridgehead atoms. The number of hydrogen-bond donors (Lipinski definition) is 1. The molecule has 2 aromatic rings. The third-order valence-electron chi connectivity index (χ3n) is 4.58. The summed E-state index contributed by atoms with van der Waals surface area (Å²) in [5.41, 5.74) is 0. The zero-order valence-electron chi connectivity index (χ0n) is 16.1. The topological polar surface area (TPSA) is 77.4 Å². The number of benzene rings is 2. The van der Waals surface area contributed by atoms with E-state index in [1.807, 2.05) is 0 Å². The molecule has 1 N–H and O–H groups in total. The summed E-state index contributed by atoms with van der Waals surface area (Å²) in [4.78, 5) is 1.44. The number of alkyl halides is 9. The summed E-state index contributed by atoms with van der Waals surface area (Å²) in [6.07, 6.45) is -6.28. The van der Waals surface area contributed by atoms with Gasteiger partial charge in [-0.15, -0.1) is 0 Å². The van der Waals surface area contributed by atoms with Crippen LogP contribution >= 0.6 is 0 Å². The highest BCUT2D eigenvalue weighted by atomic mass is 32.2. The molecule has 15 heteroatoms. The average molecular weight is 530 g/mol. The van der Waals surface area contributed by atoms with Gasteiger partial charge < -0.3 is 9.66 Å². The molecular weight excluding hydrogens is 515 g/mol. The van der Waals surface area contributed by atoms with Crippen molar-refractivity contribution in [2.45, 2.75) is 40.7 Å². The van der Waals surface area contributed by atoms with E-state index in [4.69, 9.17) is 0 Å². The minimum atomic E-state index is -7.43. The molecule has 186 valence electrons. The quantitative estimate of drug-likeness (QED) is 0.358. The van der Waals surface area contributed by atoms with Crippen LogP contribution < -0.4 is 0 Å². The summed E-state index contributed by atoms with van der Waals surface area (Å²) in [7, 11) is -7.16. The van der Waals surface area contributed by atoms with Crippen molar-refractivity contribution < 1.29 is 57.6 Å². The van der Waals surface area contributed by atoms with E-state index in [0.29, 0.717) is 0 Å². The minimum Gasteiger partial charge on any atom is -0.743 e. The zero-order valence-corrected chi connectivity index (χ0v) is 17.8. The zero-order chi connectivity index (χ0) is 25.5. The Morgan fingerprint density at radius 1 is 0.879 bits per heavy atom. The number of rotatable bonds is 4. The Labute approximate surface area is 184 Å². The van der Waals surface area contributed by atoms with Gasteiger partial charge in [0.25, 0.3) is 0 Å². The van der Waals surface area contributed by atoms with E-state index < -0.39 is 33.4 Å². The number of aliphatic hydroxyl groups excluding tert-OH is 1. The lowest BCUT2D eigenvalue weighted by Crippen LogP contribution is -2.63. The minimum absolute atomic E-state index is 0.0812. The normalized spacial score (nSPS) is 20.5. The molecule has 2 unspecified atom stereocenters. The van der Waals surface area contributed by atoms with Gasteiger partial charge in [-0.3, -0.25) is 0 Å². The third kappa shape index (κ3) is 5.20. The molecule has 1 aliphatic rings. The number of hydrogen-bond acceptors (Lipinski definition) is 4. The molecule has 0 spiro atoms. The average Bonchev–Trinajstić information content (AvgIpc) is 3.12. The monoisotopic (exact) mass is 530 g/mol. The van der Waals surface area contributed by atoms with Crippen LogP contribution in [0.3, 0.4) is 0 Å². The first-order valence-electron chi connectivity index (χ1n) is 8.83. The molecule has 1 heterocycles. The van der Waals surface area contributed by atoms with Crippen molar-refractivity contribution in [2.75, 3.05) is 11.5 Å². The van der Waals surface area contributed by atoms with E-state index in [-0.39, 0.29) is 17.0 Å². The van der Waals surface area contributed by atoms with Gasteiger partial charge in [-0.05, 0) is 17.5 Å². The molecule has 2 atom stereocenters. The molecule has 0 radical (unpaired) electrons. The van der Waals surface area contributed by atoms with Crippen LogP contribution in [0.2, 0.25) is 0 Å². The Hall–Kier alpha value is -1.71. The molecule has 2 aromatic carbocycles. The predicted molar refractivity (Wildman–Crippen MR) is 101 cm³/mol. The molecular formula is C18H15F9O4S2. The van der Waals surface area contributed by atoms with Crippen LogP contribution in [0.15, 0.2) is 47.4 Å². The second-order valence-corrected chi connectivity index (χ2v) is 10.5. The van der Waals surface area contributed by atoms with E-state index in [9.17, 15) is 57.6 Å². The van der Waals surface area contributed by atoms with Crippen molar-refractivity contribution in [1.82, 2.24) is 0 Å². The summed E-state index contributed by atoms with van der Waals surface area (Å²) in [6.45, 7) is 0. The molecule has 3 rings (SSSR count). The van der Waals surface area contributed by atoms with Crippen molar-refractivity contribution in [3.63, 3.8) is 0 Å². The molecule has 1 fully saturated rings. The van der Waals surface area contributed by atoms with Crippen LogP contribution in [0.25, 0.3) is 10.8 Å². The molecule has 0 aromatic heterocycles. The first-order chi connectivity index (χ1) is 14.8. The van der Waals surface area contributed by atoms with Gasteiger partial charge in [0.15, 0.2) is 15.0 Å². The number of aliphatic hydroxyl groups is 1. The van der Waals surface area contributed by atoms with Gasteiger partial charge in [0.05, 0.1) is 0 Å². The fraction of sp³-hybridized carbons (Fsp3) is 0.444. The lowest BCUT2D eigenvalue weighted by atomic mass is 10.1. The number of halogens is 9. The fourth-order valence-corrected chi connectivity index (χ4v) is 5.81. The van der Waals surface area contributed by atoms with Crippen LogP contribution in [0, 0.1) is 0 Å². The van der Waals surface area contributed by atoms with E-state index in [0.717, 1.165) is 17.9 Å². The Kier molecular flexibility index (Phi) is 7.63. The predicted octanol–water partition coefficient (Wildman–Crippen LogP) is 4.54. The van der Waals surface area contributed by atoms with E-state index in [2.05, 4.69) is 42.5 Å². The fourth-order valence-electron chi connectivity index (χ4n) is 2.84. The molecule has 1 saturated heterocycles. The van der Waals surface area contributed by atoms with Gasteiger partial charge in [0, 0.05) is 22.7 Å². The van der Waals surface area contributed by atoms with Crippen LogP contribution in [0.1, 0.15) is 6.42 Å². The van der Waals surface area contributed by atoms with Crippen molar-refractivity contribution >= 4 is 31.8 Å². The summed E-state index contributed by atoms with van der Waals surface area (Å²) >= 11 is 0. The lowest BCUT2D eigenvalue weighted by molar-refractivity contribution is -0.382. The van der Waals surface area contributed by atoms with Gasteiger partial charge in [-0.1, -0.05) is 30.3 Å². The SMILES string of the molecule is O=S(=O)([O-])C(F)(F)C(F)(F)C(F)(F)C(F)(F)F.OC1CC[S+](c2cccc3ccccc23)C1. The summed E-state index contributed by atoms with van der Waals surface area (Å²) in [5, 5.41) is 5.20. The standard InChI is InChI=1S/C14H15OS.C4HF9O3S/c15-12-8-9-16(10-12)14-7-3-5-11-4-1-2-6-13(11)14;5-1(6,3(9,10)11)2(7,8)4(12,13)17(14,15)16/h1-7,12,15H,8-10H2;(H,14,15,16)/q+1;/p-1. The molecule has 33 heavy (non-hydrogen) atoms. The maximum Gasteiger partial charge on any atom is 0.460 e.